The van der Waals surface area contributed by atoms with E-state index in [4.69, 9.17) is 10.8 Å². The van der Waals surface area contributed by atoms with Crippen molar-refractivity contribution in [1.82, 2.24) is 15.3 Å². The number of aromatic nitrogens is 2. The lowest BCUT2D eigenvalue weighted by atomic mass is 10.1. The highest BCUT2D eigenvalue weighted by Crippen LogP contribution is 2.27. The molecule has 14 nitrogen and oxygen atoms in total. The van der Waals surface area contributed by atoms with E-state index in [0.717, 1.165) is 0 Å². The first-order valence-electron chi connectivity index (χ1n) is 10.1. The molecular weight excluding hydrogens is 450 g/mol. The Hall–Kier alpha value is -4.46. The molecule has 2 atom stereocenters. The van der Waals surface area contributed by atoms with Crippen molar-refractivity contribution in [2.24, 2.45) is 4.99 Å². The normalized spacial score (nSPS) is 15.3. The van der Waals surface area contributed by atoms with Crippen LogP contribution in [0.25, 0.3) is 0 Å². The number of aromatic amines is 1. The largest absolute Gasteiger partial charge is 0.481 e. The smallest absolute Gasteiger partial charge is 0.326 e. The highest BCUT2D eigenvalue weighted by molar-refractivity contribution is 5.97. The maximum absolute atomic E-state index is 12.3. The molecule has 1 aliphatic rings. The van der Waals surface area contributed by atoms with Gasteiger partial charge in [0.1, 0.15) is 12.8 Å². The maximum atomic E-state index is 12.3. The van der Waals surface area contributed by atoms with Crippen LogP contribution < -0.4 is 26.8 Å². The lowest BCUT2D eigenvalue weighted by Crippen LogP contribution is -2.46. The molecule has 0 unspecified atom stereocenters. The Kier molecular flexibility index (Phi) is 7.43. The summed E-state index contributed by atoms with van der Waals surface area (Å²) in [5.41, 5.74) is 5.88. The fourth-order valence-electron chi connectivity index (χ4n) is 3.29. The molecule has 0 radical (unpaired) electrons. The summed E-state index contributed by atoms with van der Waals surface area (Å²) in [6.45, 7) is -0.221. The Morgan fingerprint density at radius 1 is 1.21 bits per heavy atom. The van der Waals surface area contributed by atoms with Crippen LogP contribution in [0.2, 0.25) is 0 Å². The molecule has 3 rings (SSSR count). The molecule has 0 fully saturated rings. The van der Waals surface area contributed by atoms with E-state index in [0.29, 0.717) is 5.69 Å². The van der Waals surface area contributed by atoms with Crippen molar-refractivity contribution in [1.29, 1.82) is 0 Å². The molecule has 1 aromatic heterocycles. The molecule has 14 heteroatoms. The van der Waals surface area contributed by atoms with Gasteiger partial charge in [-0.05, 0) is 30.7 Å². The van der Waals surface area contributed by atoms with Gasteiger partial charge in [-0.2, -0.15) is 4.98 Å². The number of amides is 1. The number of hydrogen-bond donors (Lipinski definition) is 7. The average Bonchev–Trinajstić information content (AvgIpc) is 2.79. The number of hydrogen-bond acceptors (Lipinski definition) is 10. The first-order valence-corrected chi connectivity index (χ1v) is 10.1. The van der Waals surface area contributed by atoms with Gasteiger partial charge in [-0.1, -0.05) is 0 Å². The van der Waals surface area contributed by atoms with Crippen LogP contribution in [0.5, 0.6) is 0 Å². The number of aliphatic carboxylic acids is 2. The van der Waals surface area contributed by atoms with E-state index in [-0.39, 0.29) is 36.0 Å². The molecule has 0 saturated carbocycles. The lowest BCUT2D eigenvalue weighted by Gasteiger charge is -2.32. The number of fused-ring (bicyclic) bond motifs is 1. The molecule has 0 aliphatic carbocycles. The molecule has 1 aromatic carbocycles. The Labute approximate surface area is 192 Å². The van der Waals surface area contributed by atoms with Gasteiger partial charge in [0.2, 0.25) is 5.95 Å². The summed E-state index contributed by atoms with van der Waals surface area (Å²) in [6, 6.07) is 4.31. The number of anilines is 3. The van der Waals surface area contributed by atoms with Gasteiger partial charge in [-0.15, -0.1) is 0 Å². The minimum absolute atomic E-state index is 0.0870. The second kappa shape index (κ2) is 10.4. The number of nitrogens with zero attached hydrogens (tertiary/aromatic N) is 3. The quantitative estimate of drug-likeness (QED) is 0.229. The second-order valence-electron chi connectivity index (χ2n) is 7.34. The predicted octanol–water partition coefficient (Wildman–Crippen LogP) is -0.647. The standard InChI is InChI=1S/C20H23N7O7/c21-20-25-16-15(18(32)26-20)27(9-28)12(8-23-16)7-22-11-3-1-10(2-4-11)17(31)24-13(19(33)34)5-6-14(29)30/h1-4,8,12-13,22,28H,5-7,9H2,(H,24,31)(H,29,30)(H,33,34)(H3,21,25,26,32)/t12-,13-/m1/s1. The van der Waals surface area contributed by atoms with E-state index in [2.05, 4.69) is 25.6 Å². The van der Waals surface area contributed by atoms with Crippen molar-refractivity contribution in [2.75, 3.05) is 29.2 Å². The number of carboxylic acid groups (broad SMARTS) is 2. The average molecular weight is 473 g/mol. The summed E-state index contributed by atoms with van der Waals surface area (Å²) >= 11 is 0. The van der Waals surface area contributed by atoms with Gasteiger partial charge in [0.15, 0.2) is 11.5 Å². The molecule has 2 aromatic rings. The molecule has 180 valence electrons. The van der Waals surface area contributed by atoms with Crippen LogP contribution in [0, 0.1) is 0 Å². The van der Waals surface area contributed by atoms with Crippen LogP contribution in [0.4, 0.5) is 23.1 Å². The van der Waals surface area contributed by atoms with Gasteiger partial charge >= 0.3 is 11.9 Å². The number of nitrogens with one attached hydrogen (secondary N) is 3. The van der Waals surface area contributed by atoms with Crippen LogP contribution in [0.15, 0.2) is 34.1 Å². The van der Waals surface area contributed by atoms with Gasteiger partial charge in [-0.3, -0.25) is 19.4 Å². The number of aliphatic hydroxyl groups excluding tert-OH is 1. The molecule has 0 spiro atoms. The first kappa shape index (κ1) is 24.2. The summed E-state index contributed by atoms with van der Waals surface area (Å²) in [4.78, 5) is 58.4. The third-order valence-electron chi connectivity index (χ3n) is 5.02. The Morgan fingerprint density at radius 2 is 1.91 bits per heavy atom. The molecule has 0 bridgehead atoms. The Balaban J connectivity index is 1.63. The van der Waals surface area contributed by atoms with Gasteiger partial charge < -0.3 is 36.6 Å². The number of aliphatic hydroxyl groups is 1. The van der Waals surface area contributed by atoms with E-state index in [1.54, 1.807) is 12.1 Å². The predicted molar refractivity (Wildman–Crippen MR) is 121 cm³/mol. The zero-order valence-corrected chi connectivity index (χ0v) is 17.8. The van der Waals surface area contributed by atoms with Crippen LogP contribution in [0.1, 0.15) is 23.2 Å². The van der Waals surface area contributed by atoms with Crippen molar-refractivity contribution in [2.45, 2.75) is 24.9 Å². The van der Waals surface area contributed by atoms with Crippen molar-refractivity contribution in [3.8, 4) is 0 Å². The summed E-state index contributed by atoms with van der Waals surface area (Å²) in [6.07, 6.45) is 0.881. The number of nitrogen functional groups attached to an aromatic ring is 1. The second-order valence-corrected chi connectivity index (χ2v) is 7.34. The van der Waals surface area contributed by atoms with E-state index in [1.165, 1.54) is 23.2 Å². The number of carbonyl (C=O) groups is 3. The molecule has 0 saturated heterocycles. The highest BCUT2D eigenvalue weighted by Gasteiger charge is 2.27. The topological polar surface area (TPSA) is 223 Å². The zero-order chi connectivity index (χ0) is 24.8. The van der Waals surface area contributed by atoms with Gasteiger partial charge in [0, 0.05) is 30.4 Å². The van der Waals surface area contributed by atoms with Crippen LogP contribution in [-0.2, 0) is 9.59 Å². The van der Waals surface area contributed by atoms with Crippen molar-refractivity contribution in [3.63, 3.8) is 0 Å². The summed E-state index contributed by atoms with van der Waals surface area (Å²) < 4.78 is 0. The van der Waals surface area contributed by atoms with Gasteiger partial charge in [0.05, 0.1) is 6.04 Å². The Bertz CT molecular complexity index is 1160. The molecule has 1 amide bonds. The van der Waals surface area contributed by atoms with Gasteiger partial charge in [-0.25, -0.2) is 9.79 Å². The summed E-state index contributed by atoms with van der Waals surface area (Å²) in [5.74, 6) is -3.13. The number of aliphatic imine (C=N–C) groups is 1. The van der Waals surface area contributed by atoms with Crippen LogP contribution >= 0.6 is 0 Å². The number of H-pyrrole nitrogens is 1. The summed E-state index contributed by atoms with van der Waals surface area (Å²) in [7, 11) is 0. The summed E-state index contributed by atoms with van der Waals surface area (Å²) in [5, 5.41) is 33.1. The van der Waals surface area contributed by atoms with E-state index >= 15 is 0 Å². The molecule has 1 aliphatic heterocycles. The molecule has 8 N–H and O–H groups in total. The third kappa shape index (κ3) is 5.66. The first-order chi connectivity index (χ1) is 16.2. The van der Waals surface area contributed by atoms with E-state index in [1.807, 2.05) is 0 Å². The lowest BCUT2D eigenvalue weighted by molar-refractivity contribution is -0.140. The zero-order valence-electron chi connectivity index (χ0n) is 17.8. The van der Waals surface area contributed by atoms with Gasteiger partial charge in [0.25, 0.3) is 11.5 Å². The minimum atomic E-state index is -1.33. The minimum Gasteiger partial charge on any atom is -0.481 e. The molecular formula is C20H23N7O7. The van der Waals surface area contributed by atoms with Crippen molar-refractivity contribution < 1.29 is 29.7 Å². The number of nitrogens with two attached hydrogens (primary N) is 1. The van der Waals surface area contributed by atoms with Crippen molar-refractivity contribution >= 4 is 47.2 Å². The van der Waals surface area contributed by atoms with E-state index in [9.17, 15) is 29.4 Å². The van der Waals surface area contributed by atoms with Crippen LogP contribution in [0.3, 0.4) is 0 Å². The number of benzene rings is 1. The molecule has 2 heterocycles. The number of carbonyl (C=O) groups excluding carboxylic acids is 1. The van der Waals surface area contributed by atoms with Crippen molar-refractivity contribution in [3.05, 3.63) is 40.2 Å². The van der Waals surface area contributed by atoms with Crippen LogP contribution in [-0.4, -0.2) is 74.7 Å². The third-order valence-corrected chi connectivity index (χ3v) is 5.02. The number of rotatable bonds is 10. The number of carboxylic acids is 2. The SMILES string of the molecule is Nc1nc2c(c(=O)[nH]1)N(CO)[C@H](CNc1ccc(C(=O)N[C@H](CCC(=O)O)C(=O)O)cc1)C=N2. The Morgan fingerprint density at radius 3 is 2.53 bits per heavy atom. The monoisotopic (exact) mass is 473 g/mol. The fourth-order valence-corrected chi connectivity index (χ4v) is 3.29. The molecule has 34 heavy (non-hydrogen) atoms. The van der Waals surface area contributed by atoms with E-state index < -0.39 is 48.6 Å². The maximum Gasteiger partial charge on any atom is 0.326 e. The highest BCUT2D eigenvalue weighted by atomic mass is 16.4. The fraction of sp³-hybridized carbons (Fsp3) is 0.300.